The Kier molecular flexibility index (Phi) is 17.4. The Morgan fingerprint density at radius 2 is 1.68 bits per heavy atom. The van der Waals surface area contributed by atoms with Gasteiger partial charge in [-0.1, -0.05) is 66.2 Å². The molecule has 5 heteroatoms. The molecule has 0 aliphatic rings. The van der Waals surface area contributed by atoms with Crippen molar-refractivity contribution in [3.8, 4) is 5.75 Å². The van der Waals surface area contributed by atoms with Gasteiger partial charge in [-0.3, -0.25) is 4.98 Å². The predicted octanol–water partition coefficient (Wildman–Crippen LogP) is 7.71. The monoisotopic (exact) mass is 436 g/mol. The lowest BCUT2D eigenvalue weighted by Gasteiger charge is -2.15. The highest BCUT2D eigenvalue weighted by Gasteiger charge is 2.25. The molecule has 0 amide bonds. The van der Waals surface area contributed by atoms with Crippen LogP contribution in [0.1, 0.15) is 90.0 Å². The Bertz CT molecular complexity index is 753. The molecule has 0 atom stereocenters. The van der Waals surface area contributed by atoms with Gasteiger partial charge in [0.25, 0.3) is 5.92 Å². The van der Waals surface area contributed by atoms with Crippen molar-refractivity contribution in [3.63, 3.8) is 0 Å². The summed E-state index contributed by atoms with van der Waals surface area (Å²) in [5.41, 5.74) is 8.29. The SMILES string of the molecule is CC.CC.CC/C=C(/CCC)c1cnccc1Cc1ccc(C(C)(F)F)cc1O.CN. The van der Waals surface area contributed by atoms with Crippen LogP contribution in [0.25, 0.3) is 5.57 Å². The second-order valence-corrected chi connectivity index (χ2v) is 6.33. The molecule has 0 saturated carbocycles. The molecule has 0 aliphatic carbocycles. The van der Waals surface area contributed by atoms with Crippen LogP contribution >= 0.6 is 0 Å². The molecule has 0 radical (unpaired) electrons. The second-order valence-electron chi connectivity index (χ2n) is 6.33. The quantitative estimate of drug-likeness (QED) is 0.467. The number of nitrogens with zero attached hydrogens (tertiary/aromatic N) is 1. The molecule has 2 rings (SSSR count). The fourth-order valence-electron chi connectivity index (χ4n) is 2.92. The van der Waals surface area contributed by atoms with Crippen LogP contribution in [0.5, 0.6) is 5.75 Å². The lowest BCUT2D eigenvalue weighted by atomic mass is 9.93. The number of nitrogens with two attached hydrogens (primary N) is 1. The smallest absolute Gasteiger partial charge is 0.270 e. The first-order valence-corrected chi connectivity index (χ1v) is 11.3. The van der Waals surface area contributed by atoms with Gasteiger partial charge in [0.1, 0.15) is 5.75 Å². The van der Waals surface area contributed by atoms with E-state index in [9.17, 15) is 13.9 Å². The van der Waals surface area contributed by atoms with Crippen molar-refractivity contribution < 1.29 is 13.9 Å². The minimum absolute atomic E-state index is 0.0988. The minimum Gasteiger partial charge on any atom is -0.508 e. The lowest BCUT2D eigenvalue weighted by molar-refractivity contribution is 0.0172. The van der Waals surface area contributed by atoms with Crippen LogP contribution in [0.2, 0.25) is 0 Å². The maximum Gasteiger partial charge on any atom is 0.270 e. The first-order chi connectivity index (χ1) is 14.9. The molecule has 176 valence electrons. The summed E-state index contributed by atoms with van der Waals surface area (Å²) in [4.78, 5) is 4.24. The second kappa shape index (κ2) is 17.4. The van der Waals surface area contributed by atoms with Crippen molar-refractivity contribution in [3.05, 3.63) is 65.0 Å². The summed E-state index contributed by atoms with van der Waals surface area (Å²) in [6, 6.07) is 6.04. The molecule has 0 spiro atoms. The van der Waals surface area contributed by atoms with Gasteiger partial charge in [-0.2, -0.15) is 0 Å². The van der Waals surface area contributed by atoms with E-state index >= 15 is 0 Å². The molecule has 31 heavy (non-hydrogen) atoms. The zero-order chi connectivity index (χ0) is 24.4. The number of phenolic OH excluding ortho intramolecular Hbond substituents is 1. The largest absolute Gasteiger partial charge is 0.508 e. The number of rotatable bonds is 7. The Morgan fingerprint density at radius 3 is 2.16 bits per heavy atom. The minimum atomic E-state index is -2.96. The Hall–Kier alpha value is -2.27. The van der Waals surface area contributed by atoms with Gasteiger partial charge in [0.05, 0.1) is 0 Å². The predicted molar refractivity (Wildman–Crippen MR) is 131 cm³/mol. The van der Waals surface area contributed by atoms with Gasteiger partial charge in [-0.15, -0.1) is 0 Å². The summed E-state index contributed by atoms with van der Waals surface area (Å²) in [6.07, 6.45) is 9.17. The summed E-state index contributed by atoms with van der Waals surface area (Å²) in [7, 11) is 1.50. The number of halogens is 2. The van der Waals surface area contributed by atoms with Crippen LogP contribution in [0.4, 0.5) is 8.78 Å². The van der Waals surface area contributed by atoms with E-state index in [1.54, 1.807) is 12.3 Å². The van der Waals surface area contributed by atoms with E-state index in [-0.39, 0.29) is 11.3 Å². The molecule has 0 saturated heterocycles. The maximum absolute atomic E-state index is 13.4. The molecule has 1 heterocycles. The molecule has 3 nitrogen and oxygen atoms in total. The number of alkyl halides is 2. The van der Waals surface area contributed by atoms with Gasteiger partial charge in [-0.25, -0.2) is 8.78 Å². The number of allylic oxidation sites excluding steroid dienone is 2. The highest BCUT2D eigenvalue weighted by Crippen LogP contribution is 2.33. The van der Waals surface area contributed by atoms with Crippen LogP contribution in [0.3, 0.4) is 0 Å². The van der Waals surface area contributed by atoms with Gasteiger partial charge in [0, 0.05) is 31.3 Å². The molecular weight excluding hydrogens is 394 g/mol. The number of phenols is 1. The van der Waals surface area contributed by atoms with Crippen molar-refractivity contribution >= 4 is 5.57 Å². The summed E-state index contributed by atoms with van der Waals surface area (Å²) >= 11 is 0. The average molecular weight is 437 g/mol. The number of benzene rings is 1. The fourth-order valence-corrected chi connectivity index (χ4v) is 2.92. The zero-order valence-electron chi connectivity index (χ0n) is 20.6. The standard InChI is InChI=1S/C21H25F2NO.2C2H6.CH5N/c1-4-6-15(7-5-2)19-14-24-11-10-16(19)12-17-8-9-18(13-20(17)25)21(3,22)23;3*1-2/h6,8-11,13-14,25H,4-5,7,12H2,1-3H3;2*1-2H3;2H2,1H3/b15-6-;;;. The van der Waals surface area contributed by atoms with Crippen molar-refractivity contribution in [2.45, 2.75) is 80.1 Å². The van der Waals surface area contributed by atoms with E-state index in [4.69, 9.17) is 0 Å². The highest BCUT2D eigenvalue weighted by atomic mass is 19.3. The van der Waals surface area contributed by atoms with E-state index in [2.05, 4.69) is 30.6 Å². The molecule has 0 fully saturated rings. The van der Waals surface area contributed by atoms with Gasteiger partial charge < -0.3 is 10.8 Å². The van der Waals surface area contributed by atoms with E-state index < -0.39 is 5.92 Å². The first kappa shape index (κ1) is 30.9. The molecular formula is C26H42F2N2O. The Morgan fingerprint density at radius 1 is 1.06 bits per heavy atom. The maximum atomic E-state index is 13.4. The van der Waals surface area contributed by atoms with E-state index in [0.717, 1.165) is 43.4 Å². The zero-order valence-corrected chi connectivity index (χ0v) is 20.6. The topological polar surface area (TPSA) is 59.1 Å². The van der Waals surface area contributed by atoms with Crippen LogP contribution in [0, 0.1) is 0 Å². The third-order valence-corrected chi connectivity index (χ3v) is 4.20. The molecule has 1 aromatic heterocycles. The van der Waals surface area contributed by atoms with Crippen molar-refractivity contribution in [1.82, 2.24) is 4.98 Å². The molecule has 0 bridgehead atoms. The molecule has 1 aromatic carbocycles. The van der Waals surface area contributed by atoms with E-state index in [1.807, 2.05) is 40.0 Å². The Labute approximate surface area is 188 Å². The highest BCUT2D eigenvalue weighted by molar-refractivity contribution is 5.68. The number of hydrogen-bond donors (Lipinski definition) is 2. The third kappa shape index (κ3) is 10.5. The van der Waals surface area contributed by atoms with Gasteiger partial charge in [0.15, 0.2) is 0 Å². The summed E-state index contributed by atoms with van der Waals surface area (Å²) in [5.74, 6) is -3.06. The molecule has 0 aliphatic heterocycles. The number of aromatic hydroxyl groups is 1. The van der Waals surface area contributed by atoms with Crippen molar-refractivity contribution in [2.24, 2.45) is 5.73 Å². The first-order valence-electron chi connectivity index (χ1n) is 11.3. The molecule has 3 N–H and O–H groups in total. The van der Waals surface area contributed by atoms with Crippen LogP contribution in [-0.4, -0.2) is 17.1 Å². The van der Waals surface area contributed by atoms with Crippen LogP contribution in [0.15, 0.2) is 42.7 Å². The number of pyridine rings is 1. The molecule has 0 unspecified atom stereocenters. The van der Waals surface area contributed by atoms with E-state index in [1.165, 1.54) is 18.7 Å². The van der Waals surface area contributed by atoms with Crippen molar-refractivity contribution in [2.75, 3.05) is 7.05 Å². The summed E-state index contributed by atoms with van der Waals surface area (Å²) in [6.45, 7) is 13.1. The van der Waals surface area contributed by atoms with Crippen LogP contribution in [-0.2, 0) is 12.3 Å². The van der Waals surface area contributed by atoms with Crippen LogP contribution < -0.4 is 5.73 Å². The average Bonchev–Trinajstić information content (AvgIpc) is 2.79. The van der Waals surface area contributed by atoms with Gasteiger partial charge in [-0.05, 0) is 54.3 Å². The normalized spacial score (nSPS) is 10.6. The van der Waals surface area contributed by atoms with Gasteiger partial charge in [0.2, 0.25) is 0 Å². The third-order valence-electron chi connectivity index (χ3n) is 4.20. The summed E-state index contributed by atoms with van der Waals surface area (Å²) in [5, 5.41) is 10.2. The van der Waals surface area contributed by atoms with Crippen molar-refractivity contribution in [1.29, 1.82) is 0 Å². The Balaban J connectivity index is 0. The fraction of sp³-hybridized carbons (Fsp3) is 0.500. The lowest BCUT2D eigenvalue weighted by Crippen LogP contribution is -2.07. The van der Waals surface area contributed by atoms with E-state index in [0.29, 0.717) is 12.0 Å². The number of aromatic nitrogens is 1. The summed E-state index contributed by atoms with van der Waals surface area (Å²) < 4.78 is 26.8. The van der Waals surface area contributed by atoms with Gasteiger partial charge >= 0.3 is 0 Å². The molecule has 2 aromatic rings. The number of hydrogen-bond acceptors (Lipinski definition) is 3.